The van der Waals surface area contributed by atoms with Gasteiger partial charge < -0.3 is 10.2 Å². The van der Waals surface area contributed by atoms with Crippen LogP contribution >= 0.6 is 0 Å². The van der Waals surface area contributed by atoms with Crippen molar-refractivity contribution in [2.75, 3.05) is 6.61 Å². The van der Waals surface area contributed by atoms with Crippen LogP contribution in [-0.4, -0.2) is 22.9 Å². The highest BCUT2D eigenvalue weighted by Gasteiger charge is 2.37. The first-order chi connectivity index (χ1) is 5.75. The Balaban J connectivity index is 2.65. The second kappa shape index (κ2) is 4.06. The average Bonchev–Trinajstić information content (AvgIpc) is 2.10. The van der Waals surface area contributed by atoms with Crippen LogP contribution < -0.4 is 0 Å². The maximum Gasteiger partial charge on any atom is 0.0621 e. The standard InChI is InChI=1S/C10H18O2/c1-2-6-10(8-11)7-4-3-5-9(10)12/h2,9,11-12H,1,3-8H2/t9?,10-/m1/s1. The summed E-state index contributed by atoms with van der Waals surface area (Å²) in [6, 6.07) is 0. The van der Waals surface area contributed by atoms with E-state index in [0.29, 0.717) is 0 Å². The summed E-state index contributed by atoms with van der Waals surface area (Å²) in [5.41, 5.74) is -0.278. The third-order valence-corrected chi connectivity index (χ3v) is 2.97. The summed E-state index contributed by atoms with van der Waals surface area (Å²) in [6.07, 6.45) is 6.14. The maximum atomic E-state index is 9.74. The molecule has 0 spiro atoms. The maximum absolute atomic E-state index is 9.74. The van der Waals surface area contributed by atoms with Crippen molar-refractivity contribution in [3.63, 3.8) is 0 Å². The average molecular weight is 170 g/mol. The fourth-order valence-electron chi connectivity index (χ4n) is 2.06. The lowest BCUT2D eigenvalue weighted by Crippen LogP contribution is -2.40. The van der Waals surface area contributed by atoms with E-state index in [1.807, 2.05) is 0 Å². The van der Waals surface area contributed by atoms with Crippen LogP contribution in [0.3, 0.4) is 0 Å². The van der Waals surface area contributed by atoms with Gasteiger partial charge in [-0.25, -0.2) is 0 Å². The molecule has 1 aliphatic carbocycles. The molecule has 0 radical (unpaired) electrons. The molecule has 1 unspecified atom stereocenters. The van der Waals surface area contributed by atoms with Gasteiger partial charge in [-0.2, -0.15) is 0 Å². The van der Waals surface area contributed by atoms with E-state index in [9.17, 15) is 10.2 Å². The van der Waals surface area contributed by atoms with Gasteiger partial charge in [0.25, 0.3) is 0 Å². The Hall–Kier alpha value is -0.340. The van der Waals surface area contributed by atoms with Gasteiger partial charge in [0.2, 0.25) is 0 Å². The highest BCUT2D eigenvalue weighted by atomic mass is 16.3. The summed E-state index contributed by atoms with van der Waals surface area (Å²) in [6.45, 7) is 3.74. The minimum Gasteiger partial charge on any atom is -0.396 e. The van der Waals surface area contributed by atoms with Gasteiger partial charge >= 0.3 is 0 Å². The van der Waals surface area contributed by atoms with Gasteiger partial charge in [0.05, 0.1) is 12.7 Å². The zero-order valence-corrected chi connectivity index (χ0v) is 7.50. The molecule has 1 saturated carbocycles. The number of aliphatic hydroxyl groups excluding tert-OH is 2. The zero-order chi connectivity index (χ0) is 9.03. The molecule has 12 heavy (non-hydrogen) atoms. The smallest absolute Gasteiger partial charge is 0.0621 e. The lowest BCUT2D eigenvalue weighted by atomic mass is 9.70. The topological polar surface area (TPSA) is 40.5 Å². The zero-order valence-electron chi connectivity index (χ0n) is 7.50. The Morgan fingerprint density at radius 3 is 2.75 bits per heavy atom. The van der Waals surface area contributed by atoms with E-state index in [0.717, 1.165) is 32.1 Å². The minimum absolute atomic E-state index is 0.0835. The Kier molecular flexibility index (Phi) is 3.29. The molecule has 0 aliphatic heterocycles. The lowest BCUT2D eigenvalue weighted by molar-refractivity contribution is -0.0454. The molecular formula is C10H18O2. The molecule has 70 valence electrons. The molecule has 0 bridgehead atoms. The fraction of sp³-hybridized carbons (Fsp3) is 0.800. The largest absolute Gasteiger partial charge is 0.396 e. The van der Waals surface area contributed by atoms with E-state index in [-0.39, 0.29) is 18.1 Å². The summed E-state index contributed by atoms with van der Waals surface area (Å²) in [5.74, 6) is 0. The van der Waals surface area contributed by atoms with Crippen molar-refractivity contribution < 1.29 is 10.2 Å². The first-order valence-electron chi connectivity index (χ1n) is 4.65. The molecule has 0 aromatic carbocycles. The third-order valence-electron chi connectivity index (χ3n) is 2.97. The van der Waals surface area contributed by atoms with E-state index in [1.165, 1.54) is 0 Å². The summed E-state index contributed by atoms with van der Waals surface area (Å²) < 4.78 is 0. The van der Waals surface area contributed by atoms with Gasteiger partial charge in [0.1, 0.15) is 0 Å². The highest BCUT2D eigenvalue weighted by Crippen LogP contribution is 2.39. The van der Waals surface area contributed by atoms with Gasteiger partial charge in [0, 0.05) is 5.41 Å². The third kappa shape index (κ3) is 1.70. The minimum atomic E-state index is -0.339. The van der Waals surface area contributed by atoms with Crippen molar-refractivity contribution in [2.45, 2.75) is 38.2 Å². The van der Waals surface area contributed by atoms with Crippen LogP contribution in [0.5, 0.6) is 0 Å². The Bertz CT molecular complexity index is 156. The molecule has 1 rings (SSSR count). The van der Waals surface area contributed by atoms with Gasteiger partial charge in [0.15, 0.2) is 0 Å². The number of hydrogen-bond acceptors (Lipinski definition) is 2. The van der Waals surface area contributed by atoms with Crippen molar-refractivity contribution in [3.05, 3.63) is 12.7 Å². The Morgan fingerprint density at radius 2 is 2.25 bits per heavy atom. The van der Waals surface area contributed by atoms with E-state index in [1.54, 1.807) is 6.08 Å². The fourth-order valence-corrected chi connectivity index (χ4v) is 2.06. The molecule has 2 nitrogen and oxygen atoms in total. The van der Waals surface area contributed by atoms with Crippen LogP contribution in [0.2, 0.25) is 0 Å². The van der Waals surface area contributed by atoms with Gasteiger partial charge in [-0.3, -0.25) is 0 Å². The van der Waals surface area contributed by atoms with Crippen molar-refractivity contribution in [1.29, 1.82) is 0 Å². The summed E-state index contributed by atoms with van der Waals surface area (Å²) in [5, 5.41) is 19.0. The van der Waals surface area contributed by atoms with Crippen LogP contribution in [0.1, 0.15) is 32.1 Å². The number of hydrogen-bond donors (Lipinski definition) is 2. The van der Waals surface area contributed by atoms with Crippen LogP contribution in [0, 0.1) is 5.41 Å². The molecule has 0 heterocycles. The van der Waals surface area contributed by atoms with E-state index in [2.05, 4.69) is 6.58 Å². The summed E-state index contributed by atoms with van der Waals surface area (Å²) >= 11 is 0. The summed E-state index contributed by atoms with van der Waals surface area (Å²) in [4.78, 5) is 0. The summed E-state index contributed by atoms with van der Waals surface area (Å²) in [7, 11) is 0. The van der Waals surface area contributed by atoms with Crippen LogP contribution in [0.25, 0.3) is 0 Å². The predicted octanol–water partition coefficient (Wildman–Crippen LogP) is 1.48. The molecule has 2 atom stereocenters. The molecule has 1 fully saturated rings. The molecule has 0 aromatic heterocycles. The Labute approximate surface area is 73.9 Å². The van der Waals surface area contributed by atoms with Crippen LogP contribution in [-0.2, 0) is 0 Å². The van der Waals surface area contributed by atoms with Crippen molar-refractivity contribution in [3.8, 4) is 0 Å². The first-order valence-corrected chi connectivity index (χ1v) is 4.65. The number of rotatable bonds is 3. The SMILES string of the molecule is C=CC[C@]1(CO)CCCCC1O. The van der Waals surface area contributed by atoms with Crippen molar-refractivity contribution >= 4 is 0 Å². The van der Waals surface area contributed by atoms with E-state index in [4.69, 9.17) is 0 Å². The molecule has 1 aliphatic rings. The van der Waals surface area contributed by atoms with Crippen molar-refractivity contribution in [2.24, 2.45) is 5.41 Å². The lowest BCUT2D eigenvalue weighted by Gasteiger charge is -2.39. The molecule has 2 N–H and O–H groups in total. The second-order valence-electron chi connectivity index (χ2n) is 3.77. The van der Waals surface area contributed by atoms with E-state index < -0.39 is 0 Å². The molecule has 2 heteroatoms. The second-order valence-corrected chi connectivity index (χ2v) is 3.77. The molecular weight excluding hydrogens is 152 g/mol. The Morgan fingerprint density at radius 1 is 1.50 bits per heavy atom. The van der Waals surface area contributed by atoms with Gasteiger partial charge in [-0.15, -0.1) is 6.58 Å². The van der Waals surface area contributed by atoms with Gasteiger partial charge in [-0.1, -0.05) is 18.9 Å². The number of allylic oxidation sites excluding steroid dienone is 1. The van der Waals surface area contributed by atoms with E-state index >= 15 is 0 Å². The quantitative estimate of drug-likeness (QED) is 0.630. The normalized spacial score (nSPS) is 36.3. The number of aliphatic hydroxyl groups is 2. The molecule has 0 aromatic rings. The van der Waals surface area contributed by atoms with Gasteiger partial charge in [-0.05, 0) is 19.3 Å². The monoisotopic (exact) mass is 170 g/mol. The molecule has 0 saturated heterocycles. The first kappa shape index (κ1) is 9.75. The highest BCUT2D eigenvalue weighted by molar-refractivity contribution is 4.93. The van der Waals surface area contributed by atoms with Crippen LogP contribution in [0.15, 0.2) is 12.7 Å². The predicted molar refractivity (Wildman–Crippen MR) is 48.8 cm³/mol. The van der Waals surface area contributed by atoms with Crippen LogP contribution in [0.4, 0.5) is 0 Å². The molecule has 0 amide bonds. The van der Waals surface area contributed by atoms with Crippen molar-refractivity contribution in [1.82, 2.24) is 0 Å².